The number of β-lactam (4-membered cyclic amide) rings is 1. The standard InChI is InChI=1S/C19H23N3O7S/c1-19(16(17(26)27)22-14(25)7-15(22)30-19)9-29-18(28)21-5-4-11(8-21)20-10-2-3-12(23)13(24)6-10/h2-3,6,11,15-16,20,23-24H,4-5,7-9H2,1H3,(H,26,27)/t11?,15-,16+,19+/m1/s1. The van der Waals surface area contributed by atoms with Gasteiger partial charge >= 0.3 is 12.1 Å². The highest BCUT2D eigenvalue weighted by molar-refractivity contribution is 8.01. The van der Waals surface area contributed by atoms with Gasteiger partial charge in [-0.25, -0.2) is 9.59 Å². The van der Waals surface area contributed by atoms with Crippen LogP contribution in [0.5, 0.6) is 11.5 Å². The Hall–Kier alpha value is -2.82. The number of ether oxygens (including phenoxy) is 1. The van der Waals surface area contributed by atoms with Gasteiger partial charge in [-0.1, -0.05) is 0 Å². The third kappa shape index (κ3) is 3.57. The van der Waals surface area contributed by atoms with Gasteiger partial charge in [0.2, 0.25) is 5.91 Å². The van der Waals surface area contributed by atoms with E-state index in [0.29, 0.717) is 31.6 Å². The van der Waals surface area contributed by atoms with Crippen molar-refractivity contribution in [2.45, 2.75) is 42.0 Å². The maximum Gasteiger partial charge on any atom is 0.409 e. The lowest BCUT2D eigenvalue weighted by Gasteiger charge is -2.36. The van der Waals surface area contributed by atoms with Crippen molar-refractivity contribution in [3.8, 4) is 11.5 Å². The molecule has 2 amide bonds. The Morgan fingerprint density at radius 1 is 1.33 bits per heavy atom. The number of phenolic OH excluding ortho intramolecular Hbond substituents is 2. The Balaban J connectivity index is 1.32. The van der Waals surface area contributed by atoms with Gasteiger partial charge in [0.1, 0.15) is 12.6 Å². The van der Waals surface area contributed by atoms with Crippen LogP contribution in [0.4, 0.5) is 10.5 Å². The van der Waals surface area contributed by atoms with E-state index >= 15 is 0 Å². The summed E-state index contributed by atoms with van der Waals surface area (Å²) in [4.78, 5) is 38.9. The number of aromatic hydroxyl groups is 2. The monoisotopic (exact) mass is 437 g/mol. The summed E-state index contributed by atoms with van der Waals surface area (Å²) in [6.07, 6.45) is 0.453. The van der Waals surface area contributed by atoms with Gasteiger partial charge < -0.3 is 35.2 Å². The number of nitrogens with zero attached hydrogens (tertiary/aromatic N) is 2. The summed E-state index contributed by atoms with van der Waals surface area (Å²) in [5.74, 6) is -1.72. The number of carbonyl (C=O) groups is 3. The molecule has 3 aliphatic heterocycles. The second-order valence-corrected chi connectivity index (χ2v) is 9.68. The molecule has 0 bridgehead atoms. The van der Waals surface area contributed by atoms with Crippen LogP contribution in [0.1, 0.15) is 19.8 Å². The number of amides is 2. The number of thioether (sulfide) groups is 1. The van der Waals surface area contributed by atoms with Crippen LogP contribution in [0.15, 0.2) is 18.2 Å². The highest BCUT2D eigenvalue weighted by atomic mass is 32.2. The smallest absolute Gasteiger partial charge is 0.409 e. The van der Waals surface area contributed by atoms with E-state index < -0.39 is 22.9 Å². The minimum absolute atomic E-state index is 0.0516. The van der Waals surface area contributed by atoms with Crippen molar-refractivity contribution in [2.24, 2.45) is 0 Å². The zero-order chi connectivity index (χ0) is 21.6. The largest absolute Gasteiger partial charge is 0.504 e. The van der Waals surface area contributed by atoms with Crippen LogP contribution in [0.3, 0.4) is 0 Å². The molecule has 3 saturated heterocycles. The Bertz CT molecular complexity index is 897. The maximum absolute atomic E-state index is 12.5. The van der Waals surface area contributed by atoms with Gasteiger partial charge in [-0.3, -0.25) is 4.79 Å². The Morgan fingerprint density at radius 2 is 2.10 bits per heavy atom. The van der Waals surface area contributed by atoms with Crippen LogP contribution in [0.25, 0.3) is 0 Å². The van der Waals surface area contributed by atoms with Crippen molar-refractivity contribution in [3.05, 3.63) is 18.2 Å². The first-order valence-corrected chi connectivity index (χ1v) is 10.5. The molecule has 11 heteroatoms. The summed E-state index contributed by atoms with van der Waals surface area (Å²) in [7, 11) is 0. The third-order valence-electron chi connectivity index (χ3n) is 5.72. The predicted molar refractivity (Wildman–Crippen MR) is 107 cm³/mol. The molecule has 1 aromatic carbocycles. The van der Waals surface area contributed by atoms with Crippen molar-refractivity contribution in [1.29, 1.82) is 0 Å². The van der Waals surface area contributed by atoms with Crippen LogP contribution < -0.4 is 5.32 Å². The van der Waals surface area contributed by atoms with Crippen molar-refractivity contribution in [3.63, 3.8) is 0 Å². The van der Waals surface area contributed by atoms with E-state index in [1.54, 1.807) is 13.0 Å². The molecule has 0 spiro atoms. The number of likely N-dealkylation sites (tertiary alicyclic amines) is 1. The average Bonchev–Trinajstić information content (AvgIpc) is 3.23. The van der Waals surface area contributed by atoms with Crippen molar-refractivity contribution >= 4 is 35.4 Å². The molecule has 30 heavy (non-hydrogen) atoms. The lowest BCUT2D eigenvalue weighted by atomic mass is 9.97. The molecular formula is C19H23N3O7S. The zero-order valence-electron chi connectivity index (χ0n) is 16.3. The first-order valence-electron chi connectivity index (χ1n) is 9.60. The summed E-state index contributed by atoms with van der Waals surface area (Å²) in [5.41, 5.74) is 0.624. The molecule has 162 valence electrons. The number of carbonyl (C=O) groups excluding carboxylic acids is 2. The molecule has 1 unspecified atom stereocenters. The number of phenols is 2. The fourth-order valence-corrected chi connectivity index (χ4v) is 5.83. The number of fused-ring (bicyclic) bond motifs is 1. The van der Waals surface area contributed by atoms with Gasteiger partial charge in [0.05, 0.1) is 16.5 Å². The first kappa shape index (κ1) is 20.5. The molecule has 4 N–H and O–H groups in total. The molecule has 4 atom stereocenters. The van der Waals surface area contributed by atoms with E-state index in [1.165, 1.54) is 33.7 Å². The highest BCUT2D eigenvalue weighted by Gasteiger charge is 2.61. The summed E-state index contributed by atoms with van der Waals surface area (Å²) in [6, 6.07) is 3.35. The molecule has 0 radical (unpaired) electrons. The van der Waals surface area contributed by atoms with Gasteiger partial charge in [0, 0.05) is 30.9 Å². The minimum atomic E-state index is -1.10. The molecule has 3 fully saturated rings. The van der Waals surface area contributed by atoms with Crippen LogP contribution in [-0.4, -0.2) is 85.0 Å². The quantitative estimate of drug-likeness (QED) is 0.304. The van der Waals surface area contributed by atoms with Crippen LogP contribution in [0, 0.1) is 0 Å². The van der Waals surface area contributed by atoms with Gasteiger partial charge in [-0.2, -0.15) is 0 Å². The van der Waals surface area contributed by atoms with Gasteiger partial charge in [0.15, 0.2) is 11.5 Å². The van der Waals surface area contributed by atoms with Crippen molar-refractivity contribution < 1.29 is 34.4 Å². The number of rotatable bonds is 5. The molecule has 4 rings (SSSR count). The number of aliphatic carboxylic acids is 1. The van der Waals surface area contributed by atoms with Crippen LogP contribution in [-0.2, 0) is 14.3 Å². The number of benzene rings is 1. The molecule has 0 aromatic heterocycles. The summed E-state index contributed by atoms with van der Waals surface area (Å²) >= 11 is 1.36. The van der Waals surface area contributed by atoms with E-state index in [-0.39, 0.29) is 35.4 Å². The summed E-state index contributed by atoms with van der Waals surface area (Å²) < 4.78 is 4.55. The minimum Gasteiger partial charge on any atom is -0.504 e. The van der Waals surface area contributed by atoms with Gasteiger partial charge in [-0.15, -0.1) is 11.8 Å². The average molecular weight is 437 g/mol. The molecule has 1 aromatic rings. The second-order valence-electron chi connectivity index (χ2n) is 7.97. The lowest BCUT2D eigenvalue weighted by molar-refractivity contribution is -0.158. The molecule has 10 nitrogen and oxygen atoms in total. The van der Waals surface area contributed by atoms with Crippen molar-refractivity contribution in [2.75, 3.05) is 25.0 Å². The topological polar surface area (TPSA) is 140 Å². The molecule has 3 aliphatic rings. The molecule has 3 heterocycles. The van der Waals surface area contributed by atoms with E-state index in [1.807, 2.05) is 0 Å². The van der Waals surface area contributed by atoms with Crippen molar-refractivity contribution in [1.82, 2.24) is 9.80 Å². The molecule has 0 saturated carbocycles. The predicted octanol–water partition coefficient (Wildman–Crippen LogP) is 1.24. The summed E-state index contributed by atoms with van der Waals surface area (Å²) in [6.45, 7) is 2.47. The number of hydrogen-bond donors (Lipinski definition) is 4. The highest BCUT2D eigenvalue weighted by Crippen LogP contribution is 2.51. The normalized spacial score (nSPS) is 30.0. The number of nitrogens with one attached hydrogen (secondary N) is 1. The summed E-state index contributed by atoms with van der Waals surface area (Å²) in [5, 5.41) is 31.6. The zero-order valence-corrected chi connectivity index (χ0v) is 17.1. The fraction of sp³-hybridized carbons (Fsp3) is 0.526. The van der Waals surface area contributed by atoms with Crippen LogP contribution in [0.2, 0.25) is 0 Å². The van der Waals surface area contributed by atoms with Crippen LogP contribution >= 0.6 is 11.8 Å². The Kier molecular flexibility index (Phi) is 5.08. The number of anilines is 1. The Labute approximate surface area is 176 Å². The Morgan fingerprint density at radius 3 is 2.77 bits per heavy atom. The SMILES string of the molecule is C[C@@]1(COC(=O)N2CCC(Nc3ccc(O)c(O)c3)C2)S[C@@H]2CC(=O)N2[C@H]1C(=O)O. The van der Waals surface area contributed by atoms with E-state index in [2.05, 4.69) is 5.32 Å². The second kappa shape index (κ2) is 7.46. The number of hydrogen-bond acceptors (Lipinski definition) is 8. The maximum atomic E-state index is 12.5. The van der Waals surface area contributed by atoms with E-state index in [0.717, 1.165) is 0 Å². The fourth-order valence-electron chi connectivity index (χ4n) is 4.16. The first-order chi connectivity index (χ1) is 14.2. The van der Waals surface area contributed by atoms with E-state index in [4.69, 9.17) is 4.74 Å². The molecular weight excluding hydrogens is 414 g/mol. The number of carboxylic acid groups (broad SMARTS) is 1. The van der Waals surface area contributed by atoms with Gasteiger partial charge in [-0.05, 0) is 25.5 Å². The van der Waals surface area contributed by atoms with E-state index in [9.17, 15) is 29.7 Å². The number of carboxylic acids is 1. The lowest BCUT2D eigenvalue weighted by Crippen LogP contribution is -2.58. The third-order valence-corrected chi connectivity index (χ3v) is 7.26. The molecule has 0 aliphatic carbocycles. The van der Waals surface area contributed by atoms with Gasteiger partial charge in [0.25, 0.3) is 0 Å².